The van der Waals surface area contributed by atoms with Crippen LogP contribution in [0.5, 0.6) is 0 Å². The topological polar surface area (TPSA) is 111 Å². The van der Waals surface area contributed by atoms with Crippen molar-refractivity contribution >= 4 is 17.3 Å². The minimum Gasteiger partial charge on any atom is -0.469 e. The molecule has 0 atom stereocenters. The van der Waals surface area contributed by atoms with E-state index in [1.165, 1.54) is 6.33 Å². The molecule has 100 valence electrons. The highest BCUT2D eigenvalue weighted by molar-refractivity contribution is 5.68. The number of nitrogens with two attached hydrogens (primary N) is 1. The van der Waals surface area contributed by atoms with E-state index < -0.39 is 4.92 Å². The number of hydrogen-bond donors (Lipinski definition) is 1. The third kappa shape index (κ3) is 2.46. The highest BCUT2D eigenvalue weighted by Crippen LogP contribution is 2.30. The molecule has 2 N–H and O–H groups in total. The van der Waals surface area contributed by atoms with Crippen molar-refractivity contribution < 1.29 is 9.34 Å². The molecule has 0 saturated carbocycles. The normalized spacial score (nSPS) is 10.4. The molecule has 0 spiro atoms. The van der Waals surface area contributed by atoms with E-state index in [2.05, 4.69) is 9.97 Å². The van der Waals surface area contributed by atoms with Gasteiger partial charge in [0.05, 0.1) is 11.2 Å². The zero-order valence-corrected chi connectivity index (χ0v) is 10.5. The Kier molecular flexibility index (Phi) is 3.32. The lowest BCUT2D eigenvalue weighted by atomic mass is 10.2. The van der Waals surface area contributed by atoms with Crippen molar-refractivity contribution in [2.45, 2.75) is 13.5 Å². The van der Waals surface area contributed by atoms with Gasteiger partial charge in [-0.25, -0.2) is 9.97 Å². The molecule has 2 heterocycles. The molecule has 0 aliphatic heterocycles. The van der Waals surface area contributed by atoms with Gasteiger partial charge < -0.3 is 15.1 Å². The minimum atomic E-state index is -0.580. The van der Waals surface area contributed by atoms with Crippen LogP contribution in [-0.4, -0.2) is 21.9 Å². The number of nitro groups is 1. The van der Waals surface area contributed by atoms with Crippen molar-refractivity contribution in [2.75, 3.05) is 17.7 Å². The van der Waals surface area contributed by atoms with Gasteiger partial charge in [0, 0.05) is 19.2 Å². The van der Waals surface area contributed by atoms with Crippen LogP contribution in [0.1, 0.15) is 11.3 Å². The number of rotatable bonds is 4. The van der Waals surface area contributed by atoms with Crippen LogP contribution in [0.2, 0.25) is 0 Å². The largest absolute Gasteiger partial charge is 0.469 e. The summed E-state index contributed by atoms with van der Waals surface area (Å²) in [5, 5.41) is 11.0. The summed E-state index contributed by atoms with van der Waals surface area (Å²) < 4.78 is 5.18. The zero-order chi connectivity index (χ0) is 14.0. The molecule has 0 fully saturated rings. The number of aryl methyl sites for hydroxylation is 1. The van der Waals surface area contributed by atoms with E-state index >= 15 is 0 Å². The van der Waals surface area contributed by atoms with Crippen LogP contribution in [-0.2, 0) is 6.54 Å². The molecule has 2 aromatic rings. The van der Waals surface area contributed by atoms with Crippen LogP contribution in [0.4, 0.5) is 17.3 Å². The highest BCUT2D eigenvalue weighted by atomic mass is 16.6. The Bertz CT molecular complexity index is 610. The van der Waals surface area contributed by atoms with Gasteiger partial charge in [0.15, 0.2) is 0 Å². The molecule has 0 aliphatic rings. The fourth-order valence-corrected chi connectivity index (χ4v) is 1.74. The van der Waals surface area contributed by atoms with E-state index in [1.807, 2.05) is 13.0 Å². The average Bonchev–Trinajstić information content (AvgIpc) is 2.74. The Morgan fingerprint density at radius 1 is 1.53 bits per heavy atom. The SMILES string of the molecule is Cc1occc1CN(C)c1ncnc(N)c1[N+](=O)[O-]. The summed E-state index contributed by atoms with van der Waals surface area (Å²) in [6.45, 7) is 2.26. The molecule has 2 aromatic heterocycles. The number of aromatic nitrogens is 2. The second-order valence-electron chi connectivity index (χ2n) is 4.05. The molecule has 0 unspecified atom stereocenters. The van der Waals surface area contributed by atoms with Gasteiger partial charge in [-0.3, -0.25) is 10.1 Å². The van der Waals surface area contributed by atoms with Crippen molar-refractivity contribution in [3.63, 3.8) is 0 Å². The Labute approximate surface area is 109 Å². The van der Waals surface area contributed by atoms with E-state index in [9.17, 15) is 10.1 Å². The van der Waals surface area contributed by atoms with E-state index in [4.69, 9.17) is 10.2 Å². The van der Waals surface area contributed by atoms with Gasteiger partial charge >= 0.3 is 5.69 Å². The lowest BCUT2D eigenvalue weighted by Gasteiger charge is -2.17. The summed E-state index contributed by atoms with van der Waals surface area (Å²) >= 11 is 0. The van der Waals surface area contributed by atoms with Gasteiger partial charge in [0.2, 0.25) is 11.6 Å². The lowest BCUT2D eigenvalue weighted by Crippen LogP contribution is -2.20. The zero-order valence-electron chi connectivity index (χ0n) is 10.5. The molecule has 0 aliphatic carbocycles. The molecule has 0 radical (unpaired) electrons. The van der Waals surface area contributed by atoms with Crippen LogP contribution < -0.4 is 10.6 Å². The maximum Gasteiger partial charge on any atom is 0.353 e. The first-order chi connectivity index (χ1) is 9.00. The third-order valence-electron chi connectivity index (χ3n) is 2.75. The van der Waals surface area contributed by atoms with Gasteiger partial charge in [-0.1, -0.05) is 0 Å². The molecule has 0 aromatic carbocycles. The summed E-state index contributed by atoms with van der Waals surface area (Å²) in [5.74, 6) is 0.792. The van der Waals surface area contributed by atoms with Crippen molar-refractivity contribution in [1.29, 1.82) is 0 Å². The number of nitrogen functional groups attached to an aromatic ring is 1. The van der Waals surface area contributed by atoms with Gasteiger partial charge in [-0.05, 0) is 13.0 Å². The third-order valence-corrected chi connectivity index (χ3v) is 2.75. The molecule has 8 nitrogen and oxygen atoms in total. The lowest BCUT2D eigenvalue weighted by molar-refractivity contribution is -0.383. The van der Waals surface area contributed by atoms with Gasteiger partial charge in [0.25, 0.3) is 0 Å². The summed E-state index contributed by atoms with van der Waals surface area (Å²) in [7, 11) is 1.70. The molecular formula is C11H13N5O3. The predicted octanol–water partition coefficient (Wildman–Crippen LogP) is 1.50. The van der Waals surface area contributed by atoms with Crippen LogP contribution in [0.15, 0.2) is 23.1 Å². The Morgan fingerprint density at radius 3 is 2.84 bits per heavy atom. The quantitative estimate of drug-likeness (QED) is 0.657. The number of furan rings is 1. The minimum absolute atomic E-state index is 0.147. The summed E-state index contributed by atoms with van der Waals surface area (Å²) in [4.78, 5) is 19.6. The van der Waals surface area contributed by atoms with Crippen molar-refractivity contribution in [3.05, 3.63) is 40.1 Å². The Balaban J connectivity index is 2.34. The molecule has 8 heteroatoms. The molecule has 0 bridgehead atoms. The van der Waals surface area contributed by atoms with E-state index in [-0.39, 0.29) is 17.3 Å². The van der Waals surface area contributed by atoms with E-state index in [1.54, 1.807) is 18.2 Å². The van der Waals surface area contributed by atoms with Crippen molar-refractivity contribution in [2.24, 2.45) is 0 Å². The standard InChI is InChI=1S/C11H13N5O3/c1-7-8(3-4-19-7)5-15(2)11-9(16(17)18)10(12)13-6-14-11/h3-4,6H,5H2,1-2H3,(H2,12,13,14). The number of nitrogens with zero attached hydrogens (tertiary/aromatic N) is 4. The summed E-state index contributed by atoms with van der Waals surface area (Å²) in [6, 6.07) is 1.81. The van der Waals surface area contributed by atoms with Crippen LogP contribution in [0.25, 0.3) is 0 Å². The highest BCUT2D eigenvalue weighted by Gasteiger charge is 2.24. The summed E-state index contributed by atoms with van der Waals surface area (Å²) in [5.41, 5.74) is 6.16. The first kappa shape index (κ1) is 12.8. The van der Waals surface area contributed by atoms with E-state index in [0.717, 1.165) is 11.3 Å². The van der Waals surface area contributed by atoms with Gasteiger partial charge in [-0.2, -0.15) is 0 Å². The van der Waals surface area contributed by atoms with Crippen LogP contribution >= 0.6 is 0 Å². The fraction of sp³-hybridized carbons (Fsp3) is 0.273. The second-order valence-corrected chi connectivity index (χ2v) is 4.05. The Hall–Kier alpha value is -2.64. The smallest absolute Gasteiger partial charge is 0.353 e. The van der Waals surface area contributed by atoms with Crippen LogP contribution in [0.3, 0.4) is 0 Å². The molecule has 0 amide bonds. The van der Waals surface area contributed by atoms with Crippen molar-refractivity contribution in [1.82, 2.24) is 9.97 Å². The van der Waals surface area contributed by atoms with Gasteiger partial charge in [-0.15, -0.1) is 0 Å². The molecule has 2 rings (SSSR count). The van der Waals surface area contributed by atoms with Crippen molar-refractivity contribution in [3.8, 4) is 0 Å². The first-order valence-corrected chi connectivity index (χ1v) is 5.49. The molecule has 0 saturated heterocycles. The fourth-order valence-electron chi connectivity index (χ4n) is 1.74. The monoisotopic (exact) mass is 263 g/mol. The molecule has 19 heavy (non-hydrogen) atoms. The number of anilines is 2. The predicted molar refractivity (Wildman–Crippen MR) is 68.7 cm³/mol. The average molecular weight is 263 g/mol. The van der Waals surface area contributed by atoms with Gasteiger partial charge in [0.1, 0.15) is 12.1 Å². The number of hydrogen-bond acceptors (Lipinski definition) is 7. The van der Waals surface area contributed by atoms with Crippen LogP contribution in [0, 0.1) is 17.0 Å². The van der Waals surface area contributed by atoms with E-state index in [0.29, 0.717) is 6.54 Å². The maximum atomic E-state index is 11.0. The first-order valence-electron chi connectivity index (χ1n) is 5.49. The maximum absolute atomic E-state index is 11.0. The molecular weight excluding hydrogens is 250 g/mol. The second kappa shape index (κ2) is 4.92. The summed E-state index contributed by atoms with van der Waals surface area (Å²) in [6.07, 6.45) is 2.78. The Morgan fingerprint density at radius 2 is 2.26 bits per heavy atom.